The summed E-state index contributed by atoms with van der Waals surface area (Å²) in [4.78, 5) is 35.6. The zero-order valence-electron chi connectivity index (χ0n) is 28.0. The Morgan fingerprint density at radius 3 is 2.18 bits per heavy atom. The predicted molar refractivity (Wildman–Crippen MR) is 186 cm³/mol. The summed E-state index contributed by atoms with van der Waals surface area (Å²) in [6.45, 7) is 3.35. The van der Waals surface area contributed by atoms with Crippen LogP contribution < -0.4 is 5.56 Å². The minimum Gasteiger partial charge on any atom is -0.337 e. The summed E-state index contributed by atoms with van der Waals surface area (Å²) < 4.78 is 54.3. The van der Waals surface area contributed by atoms with Gasteiger partial charge in [0.1, 0.15) is 12.4 Å². The highest BCUT2D eigenvalue weighted by atomic mass is 32.2. The Balaban J connectivity index is 1.39. The van der Waals surface area contributed by atoms with Crippen molar-refractivity contribution in [2.75, 3.05) is 27.2 Å². The lowest BCUT2D eigenvalue weighted by Crippen LogP contribution is -2.36. The number of thioether (sulfide) groups is 1. The molecule has 1 unspecified atom stereocenters. The van der Waals surface area contributed by atoms with Gasteiger partial charge in [-0.3, -0.25) is 14.7 Å². The minimum absolute atomic E-state index is 0.0737. The monoisotopic (exact) mass is 706 g/mol. The molecule has 2 heterocycles. The van der Waals surface area contributed by atoms with Crippen LogP contribution in [0.15, 0.2) is 101 Å². The van der Waals surface area contributed by atoms with Gasteiger partial charge < -0.3 is 14.4 Å². The van der Waals surface area contributed by atoms with Crippen molar-refractivity contribution >= 4 is 17.7 Å². The van der Waals surface area contributed by atoms with E-state index >= 15 is 0 Å². The van der Waals surface area contributed by atoms with Crippen LogP contribution in [0.3, 0.4) is 0 Å². The molecular weight excluding hydrogens is 669 g/mol. The van der Waals surface area contributed by atoms with Gasteiger partial charge in [-0.15, -0.1) is 0 Å². The molecule has 2 aromatic heterocycles. The molecule has 262 valence electrons. The number of aromatic nitrogens is 4. The zero-order chi connectivity index (χ0) is 35.8. The van der Waals surface area contributed by atoms with E-state index in [2.05, 4.69) is 15.2 Å². The fraction of sp³-hybridized carbons (Fsp3) is 0.297. The lowest BCUT2D eigenvalue weighted by molar-refractivity contribution is -0.137. The Kier molecular flexibility index (Phi) is 11.9. The molecule has 0 radical (unpaired) electrons. The zero-order valence-corrected chi connectivity index (χ0v) is 28.8. The molecule has 0 saturated heterocycles. The largest absolute Gasteiger partial charge is 0.416 e. The van der Waals surface area contributed by atoms with Crippen molar-refractivity contribution in [2.24, 2.45) is 0 Å². The number of amides is 1. The lowest BCUT2D eigenvalue weighted by Gasteiger charge is -2.25. The van der Waals surface area contributed by atoms with Crippen LogP contribution in [0, 0.1) is 5.82 Å². The van der Waals surface area contributed by atoms with Crippen LogP contribution in [0.4, 0.5) is 17.6 Å². The molecule has 0 aliphatic rings. The van der Waals surface area contributed by atoms with E-state index in [1.54, 1.807) is 40.2 Å². The molecule has 0 aliphatic carbocycles. The van der Waals surface area contributed by atoms with Gasteiger partial charge in [-0.2, -0.15) is 23.3 Å². The number of aromatic amines is 1. The summed E-state index contributed by atoms with van der Waals surface area (Å²) >= 11 is 1.29. The molecule has 5 rings (SSSR count). The van der Waals surface area contributed by atoms with E-state index in [-0.39, 0.29) is 24.2 Å². The van der Waals surface area contributed by atoms with Crippen molar-refractivity contribution in [3.05, 3.63) is 135 Å². The Morgan fingerprint density at radius 1 is 0.940 bits per heavy atom. The van der Waals surface area contributed by atoms with Crippen molar-refractivity contribution in [1.82, 2.24) is 29.5 Å². The summed E-state index contributed by atoms with van der Waals surface area (Å²) in [5.41, 5.74) is 3.22. The van der Waals surface area contributed by atoms with Crippen LogP contribution in [0.25, 0.3) is 11.1 Å². The van der Waals surface area contributed by atoms with Crippen molar-refractivity contribution in [3.63, 3.8) is 0 Å². The first-order chi connectivity index (χ1) is 23.9. The third-order valence-corrected chi connectivity index (χ3v) is 9.38. The van der Waals surface area contributed by atoms with E-state index in [1.165, 1.54) is 36.0 Å². The molecule has 1 amide bonds. The molecule has 3 aromatic carbocycles. The molecule has 5 aromatic rings. The third-order valence-electron chi connectivity index (χ3n) is 8.32. The summed E-state index contributed by atoms with van der Waals surface area (Å²) in [6, 6.07) is 18.5. The van der Waals surface area contributed by atoms with E-state index in [1.807, 2.05) is 50.2 Å². The number of rotatable bonds is 14. The van der Waals surface area contributed by atoms with Gasteiger partial charge >= 0.3 is 6.18 Å². The normalized spacial score (nSPS) is 12.3. The predicted octanol–water partition coefficient (Wildman–Crippen LogP) is 7.22. The van der Waals surface area contributed by atoms with E-state index in [4.69, 9.17) is 0 Å². The molecule has 0 spiro atoms. The Bertz CT molecular complexity index is 1910. The number of hydrogen-bond donors (Lipinski definition) is 1. The SMILES string of the molecule is CC(c1cn[nH]c1)c1cn(CC(=O)N(CCCN(C)C)Cc2ccc(-c3ccc(C(F)(F)F)cc3)cc2)c(SCc2ccc(F)cc2)nc1=O. The number of benzene rings is 3. The van der Waals surface area contributed by atoms with Crippen LogP contribution in [-0.4, -0.2) is 62.6 Å². The number of hydrogen-bond acceptors (Lipinski definition) is 6. The summed E-state index contributed by atoms with van der Waals surface area (Å²) in [5, 5.41) is 7.14. The first kappa shape index (κ1) is 36.5. The molecule has 50 heavy (non-hydrogen) atoms. The van der Waals surface area contributed by atoms with Gasteiger partial charge in [0.2, 0.25) is 5.91 Å². The average Bonchev–Trinajstić information content (AvgIpc) is 3.63. The number of nitrogens with one attached hydrogen (secondary N) is 1. The second-order valence-corrected chi connectivity index (χ2v) is 13.3. The second kappa shape index (κ2) is 16.3. The lowest BCUT2D eigenvalue weighted by atomic mass is 9.98. The first-order valence-corrected chi connectivity index (χ1v) is 17.0. The average molecular weight is 707 g/mol. The van der Waals surface area contributed by atoms with Crippen LogP contribution in [-0.2, 0) is 29.8 Å². The fourth-order valence-electron chi connectivity index (χ4n) is 5.42. The number of H-pyrrole nitrogens is 1. The van der Waals surface area contributed by atoms with Gasteiger partial charge in [0.15, 0.2) is 5.16 Å². The van der Waals surface area contributed by atoms with Gasteiger partial charge in [0, 0.05) is 42.7 Å². The number of nitrogens with zero attached hydrogens (tertiary/aromatic N) is 5. The van der Waals surface area contributed by atoms with Crippen molar-refractivity contribution < 1.29 is 22.4 Å². The maximum Gasteiger partial charge on any atom is 0.416 e. The van der Waals surface area contributed by atoms with Crippen molar-refractivity contribution in [1.29, 1.82) is 0 Å². The van der Waals surface area contributed by atoms with E-state index in [0.29, 0.717) is 35.1 Å². The summed E-state index contributed by atoms with van der Waals surface area (Å²) in [6.07, 6.45) is 1.37. The van der Waals surface area contributed by atoms with Crippen LogP contribution in [0.5, 0.6) is 0 Å². The van der Waals surface area contributed by atoms with Gasteiger partial charge in [-0.05, 0) is 79.1 Å². The Labute approximate surface area is 292 Å². The molecule has 0 bridgehead atoms. The Hall–Kier alpha value is -4.75. The molecule has 0 fully saturated rings. The van der Waals surface area contributed by atoms with Crippen LogP contribution in [0.2, 0.25) is 0 Å². The molecule has 0 saturated carbocycles. The van der Waals surface area contributed by atoms with E-state index in [9.17, 15) is 27.2 Å². The molecular formula is C37H38F4N6O2S. The Morgan fingerprint density at radius 2 is 1.58 bits per heavy atom. The molecule has 13 heteroatoms. The highest BCUT2D eigenvalue weighted by Gasteiger charge is 2.30. The van der Waals surface area contributed by atoms with Crippen molar-refractivity contribution in [3.8, 4) is 11.1 Å². The van der Waals surface area contributed by atoms with E-state index < -0.39 is 17.3 Å². The van der Waals surface area contributed by atoms with Gasteiger partial charge in [-0.25, -0.2) is 4.39 Å². The second-order valence-electron chi connectivity index (χ2n) is 12.3. The standard InChI is InChI=1S/C37H38F4N6O2S/c1-25(30-19-42-43-20-30)33-22-47(36(44-35(33)49)50-24-27-7-15-32(38)16-8-27)23-34(48)46(18-4-17-45(2)3)21-26-5-9-28(10-6-26)29-11-13-31(14-12-29)37(39,40)41/h5-16,19-20,22,25H,4,17-18,21,23-24H2,1-3H3,(H,42,43). The number of carbonyl (C=O) groups is 1. The minimum atomic E-state index is -4.40. The fourth-order valence-corrected chi connectivity index (χ4v) is 6.33. The third kappa shape index (κ3) is 9.69. The molecule has 8 nitrogen and oxygen atoms in total. The first-order valence-electron chi connectivity index (χ1n) is 16.0. The van der Waals surface area contributed by atoms with Crippen LogP contribution in [0.1, 0.15) is 47.1 Å². The number of halogens is 4. The van der Waals surface area contributed by atoms with Crippen LogP contribution >= 0.6 is 11.8 Å². The highest BCUT2D eigenvalue weighted by Crippen LogP contribution is 2.31. The molecule has 1 N–H and O–H groups in total. The smallest absolute Gasteiger partial charge is 0.337 e. The maximum atomic E-state index is 14.1. The van der Waals surface area contributed by atoms with Crippen molar-refractivity contribution in [2.45, 2.75) is 49.4 Å². The summed E-state index contributed by atoms with van der Waals surface area (Å²) in [5.74, 6) is -0.437. The van der Waals surface area contributed by atoms with Gasteiger partial charge in [0.05, 0.1) is 11.8 Å². The van der Waals surface area contributed by atoms with Gasteiger partial charge in [0.25, 0.3) is 5.56 Å². The van der Waals surface area contributed by atoms with E-state index in [0.717, 1.165) is 47.4 Å². The van der Waals surface area contributed by atoms with Gasteiger partial charge in [-0.1, -0.05) is 67.2 Å². The summed E-state index contributed by atoms with van der Waals surface area (Å²) in [7, 11) is 3.93. The maximum absolute atomic E-state index is 14.1. The molecule has 0 aliphatic heterocycles. The topological polar surface area (TPSA) is 87.1 Å². The molecule has 1 atom stereocenters. The highest BCUT2D eigenvalue weighted by molar-refractivity contribution is 7.98. The quantitative estimate of drug-likeness (QED) is 0.0746. The number of carbonyl (C=O) groups excluding carboxylic acids is 1. The number of alkyl halides is 3.